The third kappa shape index (κ3) is 4.75. The summed E-state index contributed by atoms with van der Waals surface area (Å²) in [6.45, 7) is 1.02. The second-order valence-corrected chi connectivity index (χ2v) is 7.75. The number of anilines is 2. The lowest BCUT2D eigenvalue weighted by Gasteiger charge is -2.22. The van der Waals surface area contributed by atoms with Gasteiger partial charge in [0, 0.05) is 17.4 Å². The Morgan fingerprint density at radius 3 is 2.58 bits per heavy atom. The van der Waals surface area contributed by atoms with Crippen LogP contribution in [0.25, 0.3) is 11.3 Å². The number of ether oxygens (including phenoxy) is 3. The molecule has 1 N–H and O–H groups in total. The molecule has 5 rings (SSSR count). The Balaban J connectivity index is 1.35. The molecular weight excluding hydrogens is 414 g/mol. The van der Waals surface area contributed by atoms with E-state index in [1.807, 2.05) is 30.3 Å². The summed E-state index contributed by atoms with van der Waals surface area (Å²) in [6.07, 6.45) is 3.70. The Hall–Kier alpha value is -4.06. The largest absolute Gasteiger partial charge is 0.492 e. The Morgan fingerprint density at radius 1 is 0.879 bits per heavy atom. The van der Waals surface area contributed by atoms with Crippen LogP contribution < -0.4 is 19.5 Å². The van der Waals surface area contributed by atoms with E-state index in [0.29, 0.717) is 36.4 Å². The maximum atomic E-state index is 5.79. The molecular formula is C27H25N3O3. The molecule has 1 aromatic heterocycles. The number of hydrogen-bond acceptors (Lipinski definition) is 6. The number of fused-ring (bicyclic) bond motifs is 1. The Morgan fingerprint density at radius 2 is 1.70 bits per heavy atom. The molecule has 0 unspecified atom stereocenters. The first-order valence-electron chi connectivity index (χ1n) is 11.0. The first-order valence-corrected chi connectivity index (χ1v) is 11.0. The van der Waals surface area contributed by atoms with Crippen LogP contribution >= 0.6 is 0 Å². The number of rotatable bonds is 7. The van der Waals surface area contributed by atoms with Crippen molar-refractivity contribution in [3.05, 3.63) is 90.1 Å². The summed E-state index contributed by atoms with van der Waals surface area (Å²) in [7, 11) is 1.62. The van der Waals surface area contributed by atoms with E-state index in [0.717, 1.165) is 29.8 Å². The molecule has 3 aromatic carbocycles. The molecule has 0 fully saturated rings. The molecule has 1 aliphatic rings. The van der Waals surface area contributed by atoms with Gasteiger partial charge >= 0.3 is 0 Å². The number of nitrogens with one attached hydrogen (secondary N) is 1. The van der Waals surface area contributed by atoms with Gasteiger partial charge in [-0.15, -0.1) is 0 Å². The highest BCUT2D eigenvalue weighted by atomic mass is 16.6. The fourth-order valence-electron chi connectivity index (χ4n) is 3.93. The van der Waals surface area contributed by atoms with Gasteiger partial charge in [-0.25, -0.2) is 9.97 Å². The van der Waals surface area contributed by atoms with E-state index in [1.54, 1.807) is 13.3 Å². The maximum absolute atomic E-state index is 5.79. The van der Waals surface area contributed by atoms with Gasteiger partial charge in [-0.2, -0.15) is 0 Å². The lowest BCUT2D eigenvalue weighted by molar-refractivity contribution is 0.165. The van der Waals surface area contributed by atoms with Crippen LogP contribution in [0.4, 0.5) is 11.6 Å². The van der Waals surface area contributed by atoms with Gasteiger partial charge < -0.3 is 19.5 Å². The highest BCUT2D eigenvalue weighted by Crippen LogP contribution is 2.45. The summed E-state index contributed by atoms with van der Waals surface area (Å²) in [6, 6.07) is 24.6. The van der Waals surface area contributed by atoms with Crippen molar-refractivity contribution < 1.29 is 14.2 Å². The smallest absolute Gasteiger partial charge is 0.227 e. The van der Waals surface area contributed by atoms with Crippen LogP contribution in [0.15, 0.2) is 79.0 Å². The van der Waals surface area contributed by atoms with Crippen molar-refractivity contribution in [2.45, 2.75) is 12.8 Å². The van der Waals surface area contributed by atoms with Crippen molar-refractivity contribution >= 4 is 11.6 Å². The van der Waals surface area contributed by atoms with E-state index in [4.69, 9.17) is 19.2 Å². The van der Waals surface area contributed by atoms with Crippen LogP contribution in [0.5, 0.6) is 17.2 Å². The zero-order chi connectivity index (χ0) is 22.5. The summed E-state index contributed by atoms with van der Waals surface area (Å²) in [5, 5.41) is 3.33. The number of benzene rings is 3. The average Bonchev–Trinajstić information content (AvgIpc) is 2.88. The lowest BCUT2D eigenvalue weighted by atomic mass is 10.0. The second kappa shape index (κ2) is 9.61. The van der Waals surface area contributed by atoms with E-state index in [1.165, 1.54) is 11.1 Å². The number of aromatic nitrogens is 2. The summed E-state index contributed by atoms with van der Waals surface area (Å²) >= 11 is 0. The van der Waals surface area contributed by atoms with Crippen LogP contribution in [0.2, 0.25) is 0 Å². The van der Waals surface area contributed by atoms with Gasteiger partial charge in [0.2, 0.25) is 11.7 Å². The molecule has 0 saturated carbocycles. The minimum absolute atomic E-state index is 0.490. The van der Waals surface area contributed by atoms with Crippen LogP contribution in [-0.4, -0.2) is 30.3 Å². The van der Waals surface area contributed by atoms with Crippen LogP contribution in [-0.2, 0) is 12.8 Å². The maximum Gasteiger partial charge on any atom is 0.227 e. The van der Waals surface area contributed by atoms with Gasteiger partial charge in [-0.1, -0.05) is 42.5 Å². The molecule has 6 heteroatoms. The predicted octanol–water partition coefficient (Wildman–Crippen LogP) is 5.45. The summed E-state index contributed by atoms with van der Waals surface area (Å²) < 4.78 is 17.1. The molecule has 0 radical (unpaired) electrons. The van der Waals surface area contributed by atoms with Crippen molar-refractivity contribution in [1.29, 1.82) is 0 Å². The first-order chi connectivity index (χ1) is 16.3. The molecule has 6 nitrogen and oxygen atoms in total. The molecule has 0 bridgehead atoms. The standard InChI is InChI=1S/C27H25N3O3/c1-31-25-22(12-13-24-26(25)33-17-16-32-24)23-14-15-28-27(30-23)29-21-9-5-8-20(18-21)11-10-19-6-3-2-4-7-19/h2-9,12-15,18H,10-11,16-17H2,1H3,(H,28,29,30). The molecule has 0 amide bonds. The van der Waals surface area contributed by atoms with Crippen molar-refractivity contribution in [3.8, 4) is 28.5 Å². The minimum Gasteiger partial charge on any atom is -0.492 e. The van der Waals surface area contributed by atoms with Gasteiger partial charge in [0.25, 0.3) is 0 Å². The van der Waals surface area contributed by atoms with Gasteiger partial charge in [-0.3, -0.25) is 0 Å². The Bertz CT molecular complexity index is 1240. The Labute approximate surface area is 193 Å². The molecule has 2 heterocycles. The minimum atomic E-state index is 0.490. The van der Waals surface area contributed by atoms with Crippen molar-refractivity contribution in [3.63, 3.8) is 0 Å². The van der Waals surface area contributed by atoms with E-state index < -0.39 is 0 Å². The van der Waals surface area contributed by atoms with Crippen LogP contribution in [0.3, 0.4) is 0 Å². The number of methoxy groups -OCH3 is 1. The normalized spacial score (nSPS) is 12.3. The lowest BCUT2D eigenvalue weighted by Crippen LogP contribution is -2.16. The van der Waals surface area contributed by atoms with Crippen molar-refractivity contribution in [1.82, 2.24) is 9.97 Å². The third-order valence-corrected chi connectivity index (χ3v) is 5.53. The van der Waals surface area contributed by atoms with Gasteiger partial charge in [0.05, 0.1) is 12.8 Å². The molecule has 1 aliphatic heterocycles. The highest BCUT2D eigenvalue weighted by molar-refractivity contribution is 5.75. The van der Waals surface area contributed by atoms with E-state index in [2.05, 4.69) is 52.8 Å². The van der Waals surface area contributed by atoms with Crippen molar-refractivity contribution in [2.75, 3.05) is 25.6 Å². The van der Waals surface area contributed by atoms with E-state index >= 15 is 0 Å². The average molecular weight is 440 g/mol. The molecule has 0 saturated heterocycles. The molecule has 0 atom stereocenters. The number of nitrogens with zero attached hydrogens (tertiary/aromatic N) is 2. The third-order valence-electron chi connectivity index (χ3n) is 5.53. The fraction of sp³-hybridized carbons (Fsp3) is 0.185. The van der Waals surface area contributed by atoms with Gasteiger partial charge in [-0.05, 0) is 54.3 Å². The topological polar surface area (TPSA) is 65.5 Å². The highest BCUT2D eigenvalue weighted by Gasteiger charge is 2.21. The summed E-state index contributed by atoms with van der Waals surface area (Å²) in [5.74, 6) is 2.42. The first kappa shape index (κ1) is 20.8. The molecule has 0 aliphatic carbocycles. The zero-order valence-corrected chi connectivity index (χ0v) is 18.5. The van der Waals surface area contributed by atoms with Gasteiger partial charge in [0.1, 0.15) is 13.2 Å². The molecule has 33 heavy (non-hydrogen) atoms. The SMILES string of the molecule is COc1c(-c2ccnc(Nc3cccc(CCc4ccccc4)c3)n2)ccc2c1OCCO2. The zero-order valence-electron chi connectivity index (χ0n) is 18.5. The number of aryl methyl sites for hydroxylation is 2. The van der Waals surface area contributed by atoms with E-state index in [9.17, 15) is 0 Å². The summed E-state index contributed by atoms with van der Waals surface area (Å²) in [5.41, 5.74) is 5.10. The summed E-state index contributed by atoms with van der Waals surface area (Å²) in [4.78, 5) is 9.13. The Kier molecular flexibility index (Phi) is 6.06. The van der Waals surface area contributed by atoms with Crippen LogP contribution in [0, 0.1) is 0 Å². The predicted molar refractivity (Wildman–Crippen MR) is 129 cm³/mol. The van der Waals surface area contributed by atoms with Crippen LogP contribution in [0.1, 0.15) is 11.1 Å². The fourth-order valence-corrected chi connectivity index (χ4v) is 3.93. The van der Waals surface area contributed by atoms with E-state index in [-0.39, 0.29) is 0 Å². The number of hydrogen-bond donors (Lipinski definition) is 1. The molecule has 166 valence electrons. The van der Waals surface area contributed by atoms with Crippen molar-refractivity contribution in [2.24, 2.45) is 0 Å². The monoisotopic (exact) mass is 439 g/mol. The quantitative estimate of drug-likeness (QED) is 0.413. The molecule has 0 spiro atoms. The van der Waals surface area contributed by atoms with Gasteiger partial charge in [0.15, 0.2) is 11.5 Å². The molecule has 4 aromatic rings. The second-order valence-electron chi connectivity index (χ2n) is 7.75.